The van der Waals surface area contributed by atoms with Crippen LogP contribution in [0.25, 0.3) is 0 Å². The highest BCUT2D eigenvalue weighted by Gasteiger charge is 2.21. The Morgan fingerprint density at radius 3 is 2.75 bits per heavy atom. The number of nitrogens with one attached hydrogen (secondary N) is 1. The van der Waals surface area contributed by atoms with E-state index < -0.39 is 0 Å². The summed E-state index contributed by atoms with van der Waals surface area (Å²) in [5.74, 6) is 0.111. The Hall–Kier alpha value is -2.22. The first-order valence-corrected chi connectivity index (χ1v) is 6.97. The molecule has 20 heavy (non-hydrogen) atoms. The Bertz CT molecular complexity index is 529. The summed E-state index contributed by atoms with van der Waals surface area (Å²) in [5, 5.41) is 12.1. The molecule has 0 spiro atoms. The average molecular weight is 272 g/mol. The molecule has 1 aliphatic rings. The number of carbonyl (C=O) groups excluding carboxylic acids is 1. The topological polar surface area (TPSA) is 82.1 Å². The first kappa shape index (κ1) is 14.2. The highest BCUT2D eigenvalue weighted by molar-refractivity contribution is 5.84. The maximum Gasteiger partial charge on any atom is 0.244 e. The number of nitriles is 1. The van der Waals surface area contributed by atoms with Crippen molar-refractivity contribution in [3.63, 3.8) is 0 Å². The molecule has 0 aliphatic carbocycles. The third-order valence-electron chi connectivity index (χ3n) is 3.60. The fourth-order valence-electron chi connectivity index (χ4n) is 2.44. The van der Waals surface area contributed by atoms with Gasteiger partial charge in [-0.05, 0) is 44.4 Å². The van der Waals surface area contributed by atoms with E-state index in [-0.39, 0.29) is 11.9 Å². The summed E-state index contributed by atoms with van der Waals surface area (Å²) in [7, 11) is 0. The molecule has 0 saturated carbocycles. The van der Waals surface area contributed by atoms with Crippen LogP contribution >= 0.6 is 0 Å². The van der Waals surface area contributed by atoms with E-state index in [1.54, 1.807) is 18.2 Å². The molecular formula is C15H20N4O. The van der Waals surface area contributed by atoms with Crippen LogP contribution in [0.1, 0.15) is 31.7 Å². The molecule has 0 radical (unpaired) electrons. The van der Waals surface area contributed by atoms with Gasteiger partial charge in [-0.15, -0.1) is 0 Å². The second-order valence-electron chi connectivity index (χ2n) is 5.17. The zero-order valence-electron chi connectivity index (χ0n) is 11.7. The zero-order valence-corrected chi connectivity index (χ0v) is 11.7. The van der Waals surface area contributed by atoms with E-state index in [1.807, 2.05) is 17.9 Å². The smallest absolute Gasteiger partial charge is 0.244 e. The van der Waals surface area contributed by atoms with Gasteiger partial charge in [0, 0.05) is 24.5 Å². The van der Waals surface area contributed by atoms with Crippen LogP contribution in [-0.4, -0.2) is 29.9 Å². The highest BCUT2D eigenvalue weighted by Crippen LogP contribution is 2.18. The molecule has 5 heteroatoms. The van der Waals surface area contributed by atoms with Gasteiger partial charge in [-0.25, -0.2) is 0 Å². The number of benzene rings is 1. The van der Waals surface area contributed by atoms with E-state index >= 15 is 0 Å². The molecule has 1 atom stereocenters. The quantitative estimate of drug-likeness (QED) is 0.824. The second kappa shape index (κ2) is 6.29. The highest BCUT2D eigenvalue weighted by atomic mass is 16.2. The number of nitrogen functional groups attached to an aromatic ring is 1. The van der Waals surface area contributed by atoms with Crippen LogP contribution in [0, 0.1) is 11.3 Å². The van der Waals surface area contributed by atoms with Crippen molar-refractivity contribution >= 4 is 17.3 Å². The Morgan fingerprint density at radius 1 is 1.40 bits per heavy atom. The number of nitrogens with two attached hydrogens (primary N) is 1. The largest absolute Gasteiger partial charge is 0.398 e. The first-order valence-electron chi connectivity index (χ1n) is 6.97. The molecule has 1 fully saturated rings. The number of anilines is 2. The van der Waals surface area contributed by atoms with Crippen molar-refractivity contribution in [2.75, 3.05) is 24.1 Å². The van der Waals surface area contributed by atoms with Crippen LogP contribution in [0.3, 0.4) is 0 Å². The monoisotopic (exact) mass is 272 g/mol. The molecule has 3 N–H and O–H groups in total. The molecule has 1 saturated heterocycles. The van der Waals surface area contributed by atoms with Crippen LogP contribution in [0.2, 0.25) is 0 Å². The molecule has 1 amide bonds. The average Bonchev–Trinajstić information content (AvgIpc) is 2.49. The van der Waals surface area contributed by atoms with Crippen LogP contribution in [0.15, 0.2) is 18.2 Å². The fraction of sp³-hybridized carbons (Fsp3) is 0.467. The minimum absolute atomic E-state index is 0.111. The van der Waals surface area contributed by atoms with E-state index in [2.05, 4.69) is 5.32 Å². The lowest BCUT2D eigenvalue weighted by atomic mass is 10.1. The van der Waals surface area contributed by atoms with Gasteiger partial charge in [0.25, 0.3) is 0 Å². The van der Waals surface area contributed by atoms with Crippen molar-refractivity contribution in [3.05, 3.63) is 23.8 Å². The first-order chi connectivity index (χ1) is 9.61. The van der Waals surface area contributed by atoms with E-state index in [0.717, 1.165) is 31.6 Å². The predicted molar refractivity (Wildman–Crippen MR) is 79.1 cm³/mol. The Morgan fingerprint density at radius 2 is 2.10 bits per heavy atom. The molecule has 1 aromatic rings. The molecule has 106 valence electrons. The molecule has 0 aromatic heterocycles. The van der Waals surface area contributed by atoms with Gasteiger partial charge in [0.2, 0.25) is 5.91 Å². The molecule has 0 bridgehead atoms. The summed E-state index contributed by atoms with van der Waals surface area (Å²) in [6.45, 7) is 3.53. The standard InChI is InChI=1S/C15H20N4O/c1-11(15(20)19-7-3-2-4-8-19)18-13-5-6-14(17)12(9-13)10-16/h5-6,9,11,18H,2-4,7-8,17H2,1H3. The van der Waals surface area contributed by atoms with Crippen molar-refractivity contribution in [1.29, 1.82) is 5.26 Å². The summed E-state index contributed by atoms with van der Waals surface area (Å²) in [5.41, 5.74) is 7.30. The number of piperidine rings is 1. The number of rotatable bonds is 3. The van der Waals surface area contributed by atoms with Crippen LogP contribution in [0.4, 0.5) is 11.4 Å². The van der Waals surface area contributed by atoms with Gasteiger partial charge < -0.3 is 16.0 Å². The van der Waals surface area contributed by atoms with Crippen molar-refractivity contribution in [1.82, 2.24) is 4.90 Å². The number of carbonyl (C=O) groups is 1. The molecule has 1 heterocycles. The van der Waals surface area contributed by atoms with Gasteiger partial charge in [0.15, 0.2) is 0 Å². The number of hydrogen-bond acceptors (Lipinski definition) is 4. The lowest BCUT2D eigenvalue weighted by Crippen LogP contribution is -2.43. The van der Waals surface area contributed by atoms with E-state index in [9.17, 15) is 4.79 Å². The maximum atomic E-state index is 12.3. The number of likely N-dealkylation sites (tertiary alicyclic amines) is 1. The maximum absolute atomic E-state index is 12.3. The molecule has 5 nitrogen and oxygen atoms in total. The van der Waals surface area contributed by atoms with E-state index in [4.69, 9.17) is 11.0 Å². The summed E-state index contributed by atoms with van der Waals surface area (Å²) >= 11 is 0. The normalized spacial score (nSPS) is 16.3. The third kappa shape index (κ3) is 3.21. The SMILES string of the molecule is CC(Nc1ccc(N)c(C#N)c1)C(=O)N1CCCCC1. The second-order valence-corrected chi connectivity index (χ2v) is 5.17. The summed E-state index contributed by atoms with van der Waals surface area (Å²) in [6.07, 6.45) is 3.37. The third-order valence-corrected chi connectivity index (χ3v) is 3.60. The van der Waals surface area contributed by atoms with Gasteiger partial charge in [-0.1, -0.05) is 0 Å². The Kier molecular flexibility index (Phi) is 4.46. The van der Waals surface area contributed by atoms with Crippen molar-refractivity contribution in [2.24, 2.45) is 0 Å². The van der Waals surface area contributed by atoms with E-state index in [0.29, 0.717) is 11.3 Å². The minimum atomic E-state index is -0.303. The van der Waals surface area contributed by atoms with Crippen LogP contribution in [0.5, 0.6) is 0 Å². The summed E-state index contributed by atoms with van der Waals surface area (Å²) in [4.78, 5) is 14.2. The number of hydrogen-bond donors (Lipinski definition) is 2. The van der Waals surface area contributed by atoms with E-state index in [1.165, 1.54) is 6.42 Å². The predicted octanol–water partition coefficient (Wildman–Crippen LogP) is 1.95. The van der Waals surface area contributed by atoms with Gasteiger partial charge in [0.05, 0.1) is 5.56 Å². The van der Waals surface area contributed by atoms with Crippen LogP contribution < -0.4 is 11.1 Å². The number of nitrogens with zero attached hydrogens (tertiary/aromatic N) is 2. The molecule has 1 unspecified atom stereocenters. The lowest BCUT2D eigenvalue weighted by molar-refractivity contribution is -0.132. The molecule has 1 aromatic carbocycles. The van der Waals surface area contributed by atoms with Crippen molar-refractivity contribution in [3.8, 4) is 6.07 Å². The van der Waals surface area contributed by atoms with Crippen molar-refractivity contribution in [2.45, 2.75) is 32.2 Å². The Balaban J connectivity index is 2.02. The zero-order chi connectivity index (χ0) is 14.5. The van der Waals surface area contributed by atoms with Gasteiger partial charge in [-0.2, -0.15) is 5.26 Å². The molecular weight excluding hydrogens is 252 g/mol. The molecule has 2 rings (SSSR count). The molecule has 1 aliphatic heterocycles. The minimum Gasteiger partial charge on any atom is -0.398 e. The van der Waals surface area contributed by atoms with Gasteiger partial charge >= 0.3 is 0 Å². The summed E-state index contributed by atoms with van der Waals surface area (Å²) < 4.78 is 0. The van der Waals surface area contributed by atoms with Crippen LogP contribution in [-0.2, 0) is 4.79 Å². The Labute approximate surface area is 119 Å². The number of amides is 1. The fourth-order valence-corrected chi connectivity index (χ4v) is 2.44. The van der Waals surface area contributed by atoms with Crippen molar-refractivity contribution < 1.29 is 4.79 Å². The lowest BCUT2D eigenvalue weighted by Gasteiger charge is -2.29. The summed E-state index contributed by atoms with van der Waals surface area (Å²) in [6, 6.07) is 6.88. The van der Waals surface area contributed by atoms with Gasteiger partial charge in [-0.3, -0.25) is 4.79 Å². The van der Waals surface area contributed by atoms with Gasteiger partial charge in [0.1, 0.15) is 12.1 Å².